The van der Waals surface area contributed by atoms with Crippen molar-refractivity contribution in [3.05, 3.63) is 23.9 Å². The molecule has 1 rings (SSSR count). The Bertz CT molecular complexity index is 495. The second-order valence-electron chi connectivity index (χ2n) is 6.61. The lowest BCUT2D eigenvalue weighted by atomic mass is 9.81. The fourth-order valence-corrected chi connectivity index (χ4v) is 2.83. The molecule has 0 saturated carbocycles. The summed E-state index contributed by atoms with van der Waals surface area (Å²) in [4.78, 5) is 16.4. The fraction of sp³-hybridized carbons (Fsp3) is 0.625. The summed E-state index contributed by atoms with van der Waals surface area (Å²) in [6.07, 6.45) is 1.73. The van der Waals surface area contributed by atoms with E-state index >= 15 is 0 Å². The van der Waals surface area contributed by atoms with E-state index in [-0.39, 0.29) is 16.8 Å². The van der Waals surface area contributed by atoms with Crippen molar-refractivity contribution in [2.24, 2.45) is 5.41 Å². The normalized spacial score (nSPS) is 13.6. The van der Waals surface area contributed by atoms with Gasteiger partial charge in [0.2, 0.25) is 5.88 Å². The highest BCUT2D eigenvalue weighted by Crippen LogP contribution is 2.38. The second-order valence-corrected chi connectivity index (χ2v) is 8.28. The molecule has 22 heavy (non-hydrogen) atoms. The first-order valence-electron chi connectivity index (χ1n) is 7.13. The van der Waals surface area contributed by atoms with Gasteiger partial charge in [-0.05, 0) is 40.2 Å². The van der Waals surface area contributed by atoms with Crippen molar-refractivity contribution in [3.63, 3.8) is 0 Å². The van der Waals surface area contributed by atoms with Gasteiger partial charge in [-0.1, -0.05) is 18.0 Å². The van der Waals surface area contributed by atoms with Crippen molar-refractivity contribution < 1.29 is 14.3 Å². The molecule has 0 aliphatic heterocycles. The second kappa shape index (κ2) is 7.33. The standard InChI is InChI=1S/C16H26N2O3S/c1-15(2,3)22-18-13(16(4,5)14(19)21-7)11-8-9-12(20-6)17-10-11/h8-10,13,18H,1-7H3. The maximum Gasteiger partial charge on any atom is 0.313 e. The lowest BCUT2D eigenvalue weighted by molar-refractivity contribution is -0.152. The van der Waals surface area contributed by atoms with E-state index in [1.807, 2.05) is 19.9 Å². The summed E-state index contributed by atoms with van der Waals surface area (Å²) in [6, 6.07) is 3.47. The number of hydrogen-bond donors (Lipinski definition) is 1. The van der Waals surface area contributed by atoms with Gasteiger partial charge in [-0.15, -0.1) is 0 Å². The smallest absolute Gasteiger partial charge is 0.313 e. The minimum atomic E-state index is -0.733. The molecule has 6 heteroatoms. The molecule has 5 nitrogen and oxygen atoms in total. The van der Waals surface area contributed by atoms with E-state index in [0.29, 0.717) is 5.88 Å². The monoisotopic (exact) mass is 326 g/mol. The zero-order valence-corrected chi connectivity index (χ0v) is 15.2. The average Bonchev–Trinajstić information content (AvgIpc) is 2.45. The fourth-order valence-electron chi connectivity index (χ4n) is 1.93. The molecule has 1 aromatic heterocycles. The maximum atomic E-state index is 12.2. The number of nitrogens with zero attached hydrogens (tertiary/aromatic N) is 1. The number of hydrogen-bond acceptors (Lipinski definition) is 6. The Balaban J connectivity index is 3.11. The predicted octanol–water partition coefficient (Wildman–Crippen LogP) is 3.37. The molecule has 1 atom stereocenters. The van der Waals surface area contributed by atoms with Crippen LogP contribution in [0.1, 0.15) is 46.2 Å². The van der Waals surface area contributed by atoms with Crippen molar-refractivity contribution in [1.82, 2.24) is 9.71 Å². The summed E-state index contributed by atoms with van der Waals surface area (Å²) >= 11 is 1.58. The number of carbonyl (C=O) groups is 1. The van der Waals surface area contributed by atoms with Gasteiger partial charge in [-0.3, -0.25) is 9.52 Å². The van der Waals surface area contributed by atoms with Crippen LogP contribution in [0.5, 0.6) is 5.88 Å². The molecule has 1 heterocycles. The molecule has 0 aliphatic rings. The van der Waals surface area contributed by atoms with Crippen LogP contribution in [0.15, 0.2) is 18.3 Å². The molecule has 0 radical (unpaired) electrons. The van der Waals surface area contributed by atoms with Gasteiger partial charge >= 0.3 is 5.97 Å². The number of aromatic nitrogens is 1. The minimum Gasteiger partial charge on any atom is -0.481 e. The SMILES string of the molecule is COC(=O)C(C)(C)C(NSC(C)(C)C)c1ccc(OC)nc1. The van der Waals surface area contributed by atoms with Crippen molar-refractivity contribution in [3.8, 4) is 5.88 Å². The van der Waals surface area contributed by atoms with Gasteiger partial charge in [0.25, 0.3) is 0 Å². The Morgan fingerprint density at radius 1 is 1.23 bits per heavy atom. The van der Waals surface area contributed by atoms with Crippen molar-refractivity contribution in [1.29, 1.82) is 0 Å². The third-order valence-electron chi connectivity index (χ3n) is 3.22. The van der Waals surface area contributed by atoms with Crippen LogP contribution in [0.25, 0.3) is 0 Å². The first-order valence-corrected chi connectivity index (χ1v) is 7.95. The molecule has 1 unspecified atom stereocenters. The van der Waals surface area contributed by atoms with Crippen LogP contribution in [0.4, 0.5) is 0 Å². The van der Waals surface area contributed by atoms with Crippen LogP contribution in [-0.2, 0) is 9.53 Å². The average molecular weight is 326 g/mol. The van der Waals surface area contributed by atoms with Crippen LogP contribution in [0.2, 0.25) is 0 Å². The number of ether oxygens (including phenoxy) is 2. The molecular weight excluding hydrogens is 300 g/mol. The van der Waals surface area contributed by atoms with Crippen molar-refractivity contribution >= 4 is 17.9 Å². The summed E-state index contributed by atoms with van der Waals surface area (Å²) < 4.78 is 13.5. The largest absolute Gasteiger partial charge is 0.481 e. The van der Waals surface area contributed by atoms with Crippen molar-refractivity contribution in [2.75, 3.05) is 14.2 Å². The number of methoxy groups -OCH3 is 2. The van der Waals surface area contributed by atoms with Gasteiger partial charge in [0.15, 0.2) is 0 Å². The van der Waals surface area contributed by atoms with E-state index in [1.54, 1.807) is 31.3 Å². The summed E-state index contributed by atoms with van der Waals surface area (Å²) in [7, 11) is 2.98. The quantitative estimate of drug-likeness (QED) is 0.639. The molecule has 1 aromatic rings. The van der Waals surface area contributed by atoms with Crippen LogP contribution in [-0.4, -0.2) is 29.9 Å². The third kappa shape index (κ3) is 4.88. The first kappa shape index (κ1) is 18.8. The molecular formula is C16H26N2O3S. The van der Waals surface area contributed by atoms with E-state index in [4.69, 9.17) is 9.47 Å². The van der Waals surface area contributed by atoms with Gasteiger partial charge in [0, 0.05) is 17.0 Å². The number of carbonyl (C=O) groups excluding carboxylic acids is 1. The number of esters is 1. The third-order valence-corrected chi connectivity index (χ3v) is 4.18. The zero-order valence-electron chi connectivity index (χ0n) is 14.4. The Morgan fingerprint density at radius 2 is 1.86 bits per heavy atom. The van der Waals surface area contributed by atoms with E-state index in [1.165, 1.54) is 7.11 Å². The molecule has 0 aromatic carbocycles. The Morgan fingerprint density at radius 3 is 2.27 bits per heavy atom. The van der Waals surface area contributed by atoms with E-state index in [9.17, 15) is 4.79 Å². The Hall–Kier alpha value is -1.27. The first-order chi connectivity index (χ1) is 10.1. The maximum absolute atomic E-state index is 12.2. The highest BCUT2D eigenvalue weighted by molar-refractivity contribution is 7.98. The van der Waals surface area contributed by atoms with Crippen LogP contribution in [0, 0.1) is 5.41 Å². The summed E-state index contributed by atoms with van der Waals surface area (Å²) in [5.41, 5.74) is 0.177. The number of rotatable bonds is 6. The van der Waals surface area contributed by atoms with E-state index < -0.39 is 5.41 Å². The molecule has 0 spiro atoms. The minimum absolute atomic E-state index is 0.0182. The molecule has 0 aliphatic carbocycles. The predicted molar refractivity (Wildman–Crippen MR) is 89.8 cm³/mol. The van der Waals surface area contributed by atoms with Crippen molar-refractivity contribution in [2.45, 2.75) is 45.4 Å². The zero-order chi connectivity index (χ0) is 17.0. The van der Waals surface area contributed by atoms with E-state index in [2.05, 4.69) is 30.5 Å². The summed E-state index contributed by atoms with van der Waals surface area (Å²) in [5.74, 6) is 0.275. The van der Waals surface area contributed by atoms with Gasteiger partial charge in [0.1, 0.15) is 0 Å². The molecule has 1 N–H and O–H groups in total. The van der Waals surface area contributed by atoms with Gasteiger partial charge in [-0.2, -0.15) is 0 Å². The van der Waals surface area contributed by atoms with Crippen LogP contribution >= 0.6 is 11.9 Å². The molecule has 0 saturated heterocycles. The lowest BCUT2D eigenvalue weighted by Crippen LogP contribution is -2.39. The molecule has 0 fully saturated rings. The Kier molecular flexibility index (Phi) is 6.26. The topological polar surface area (TPSA) is 60.5 Å². The summed E-state index contributed by atoms with van der Waals surface area (Å²) in [5, 5.41) is 0. The molecule has 124 valence electrons. The number of nitrogens with one attached hydrogen (secondary N) is 1. The van der Waals surface area contributed by atoms with Crippen LogP contribution in [0.3, 0.4) is 0 Å². The lowest BCUT2D eigenvalue weighted by Gasteiger charge is -2.34. The van der Waals surface area contributed by atoms with E-state index in [0.717, 1.165) is 5.56 Å². The molecule has 0 amide bonds. The van der Waals surface area contributed by atoms with Gasteiger partial charge in [-0.25, -0.2) is 4.98 Å². The highest BCUT2D eigenvalue weighted by atomic mass is 32.2. The van der Waals surface area contributed by atoms with Gasteiger partial charge < -0.3 is 9.47 Å². The van der Waals surface area contributed by atoms with Gasteiger partial charge in [0.05, 0.1) is 25.7 Å². The molecule has 0 bridgehead atoms. The van der Waals surface area contributed by atoms with Crippen LogP contribution < -0.4 is 9.46 Å². The Labute approximate surface area is 137 Å². The highest BCUT2D eigenvalue weighted by Gasteiger charge is 2.39. The number of pyridine rings is 1. The summed E-state index contributed by atoms with van der Waals surface area (Å²) in [6.45, 7) is 10.1.